The Balaban J connectivity index is 1.46. The molecule has 2 aromatic heterocycles. The number of aryl methyl sites for hydroxylation is 1. The van der Waals surface area contributed by atoms with Crippen LogP contribution in [0.25, 0.3) is 11.1 Å². The number of piperidine rings is 1. The van der Waals surface area contributed by atoms with E-state index < -0.39 is 5.91 Å². The van der Waals surface area contributed by atoms with E-state index in [4.69, 9.17) is 10.5 Å². The second-order valence-electron chi connectivity index (χ2n) is 10.2. The van der Waals surface area contributed by atoms with E-state index in [1.165, 1.54) is 43.0 Å². The van der Waals surface area contributed by atoms with E-state index >= 15 is 0 Å². The first-order valence-electron chi connectivity index (χ1n) is 14.3. The molecule has 0 unspecified atom stereocenters. The molecule has 41 heavy (non-hydrogen) atoms. The van der Waals surface area contributed by atoms with Crippen LogP contribution in [0, 0.1) is 6.92 Å². The summed E-state index contributed by atoms with van der Waals surface area (Å²) >= 11 is 1.37. The molecule has 4 heterocycles. The van der Waals surface area contributed by atoms with Gasteiger partial charge in [-0.3, -0.25) is 14.6 Å². The van der Waals surface area contributed by atoms with Gasteiger partial charge < -0.3 is 30.9 Å². The van der Waals surface area contributed by atoms with Gasteiger partial charge in [-0.05, 0) is 51.8 Å². The van der Waals surface area contributed by atoms with Gasteiger partial charge in [-0.15, -0.1) is 11.3 Å². The molecule has 2 aliphatic rings. The first-order valence-corrected chi connectivity index (χ1v) is 15.1. The number of rotatable bonds is 10. The summed E-state index contributed by atoms with van der Waals surface area (Å²) in [5, 5.41) is 6.33. The zero-order chi connectivity index (χ0) is 29.2. The second kappa shape index (κ2) is 14.8. The van der Waals surface area contributed by atoms with Crippen LogP contribution in [0.15, 0.2) is 42.7 Å². The lowest BCUT2D eigenvalue weighted by molar-refractivity contribution is -0.111. The fraction of sp³-hybridized carbons (Fsp3) is 0.467. The number of likely N-dealkylation sites (tertiary alicyclic amines) is 1. The number of ether oxygens (including phenoxy) is 1. The van der Waals surface area contributed by atoms with E-state index in [2.05, 4.69) is 43.4 Å². The number of hydrogen-bond acceptors (Lipinski definition) is 9. The molecule has 4 N–H and O–H groups in total. The predicted octanol–water partition coefficient (Wildman–Crippen LogP) is 3.99. The summed E-state index contributed by atoms with van der Waals surface area (Å²) in [6.07, 6.45) is 14.2. The standard InChI is InChI=1S/C30H41N7O3S/c1-4-5-10-23(30-36(3)12-9-16-40-30)26-20-34-29(41-26)24(18-31)28(39)35-25-17-22(19-33-21(25)2)27(38)32-11-15-37-13-7-6-8-14-37/h5,10,17-20H,4,6-9,11-16,31H2,1-3H3,(H,32,38)(H,35,39)/b10-5+,24-18-,30-23-. The van der Waals surface area contributed by atoms with E-state index in [1.54, 1.807) is 19.2 Å². The van der Waals surface area contributed by atoms with Crippen molar-refractivity contribution in [3.63, 3.8) is 0 Å². The Hall–Kier alpha value is -3.70. The van der Waals surface area contributed by atoms with Crippen LogP contribution >= 0.6 is 11.3 Å². The monoisotopic (exact) mass is 579 g/mol. The summed E-state index contributed by atoms with van der Waals surface area (Å²) in [6, 6.07) is 1.65. The molecule has 2 saturated heterocycles. The number of nitrogens with zero attached hydrogens (tertiary/aromatic N) is 4. The van der Waals surface area contributed by atoms with Crippen molar-refractivity contribution in [3.05, 3.63) is 63.8 Å². The third-order valence-electron chi connectivity index (χ3n) is 7.15. The third-order valence-corrected chi connectivity index (χ3v) is 8.21. The number of nitrogens with two attached hydrogens (primary N) is 1. The molecule has 2 amide bonds. The average molecular weight is 580 g/mol. The van der Waals surface area contributed by atoms with E-state index in [9.17, 15) is 9.59 Å². The molecule has 0 atom stereocenters. The Labute approximate surface area is 246 Å². The number of carbonyl (C=O) groups excluding carboxylic acids is 2. The fourth-order valence-corrected chi connectivity index (χ4v) is 5.77. The SMILES string of the molecule is CC/C=C/C(=C1/OCCCN1C)c1cnc(/C(=C\N)C(=O)Nc2cc(C(=O)NCCN3CCCCC3)cnc2C)s1. The number of anilines is 1. The molecule has 11 heteroatoms. The zero-order valence-electron chi connectivity index (χ0n) is 24.2. The smallest absolute Gasteiger partial charge is 0.260 e. The molecule has 4 rings (SSSR count). The van der Waals surface area contributed by atoms with Crippen LogP contribution in [0.4, 0.5) is 5.69 Å². The lowest BCUT2D eigenvalue weighted by atomic mass is 10.1. The molecule has 0 spiro atoms. The molecule has 0 bridgehead atoms. The molecule has 0 aliphatic carbocycles. The summed E-state index contributed by atoms with van der Waals surface area (Å²) in [7, 11) is 2.01. The Bertz CT molecular complexity index is 1310. The van der Waals surface area contributed by atoms with Gasteiger partial charge in [-0.2, -0.15) is 0 Å². The minimum atomic E-state index is -0.426. The normalized spacial score (nSPS) is 17.8. The lowest BCUT2D eigenvalue weighted by Crippen LogP contribution is -2.37. The van der Waals surface area contributed by atoms with Gasteiger partial charge in [0.15, 0.2) is 5.88 Å². The summed E-state index contributed by atoms with van der Waals surface area (Å²) in [5.74, 6) is 0.150. The molecule has 0 aromatic carbocycles. The minimum absolute atomic E-state index is 0.222. The minimum Gasteiger partial charge on any atom is -0.479 e. The van der Waals surface area contributed by atoms with Crippen molar-refractivity contribution < 1.29 is 14.3 Å². The Morgan fingerprint density at radius 2 is 1.95 bits per heavy atom. The number of nitrogens with one attached hydrogen (secondary N) is 2. The second-order valence-corrected chi connectivity index (χ2v) is 11.3. The first kappa shape index (κ1) is 30.3. The molecule has 2 aliphatic heterocycles. The summed E-state index contributed by atoms with van der Waals surface area (Å²) in [4.78, 5) is 40.3. The van der Waals surface area contributed by atoms with Crippen molar-refractivity contribution in [1.82, 2.24) is 25.1 Å². The van der Waals surface area contributed by atoms with Gasteiger partial charge in [0.25, 0.3) is 11.8 Å². The number of hydrogen-bond donors (Lipinski definition) is 3. The highest BCUT2D eigenvalue weighted by atomic mass is 32.1. The highest BCUT2D eigenvalue weighted by molar-refractivity contribution is 7.14. The van der Waals surface area contributed by atoms with Gasteiger partial charge in [-0.25, -0.2) is 4.98 Å². The van der Waals surface area contributed by atoms with Gasteiger partial charge in [0.1, 0.15) is 5.01 Å². The van der Waals surface area contributed by atoms with Gasteiger partial charge in [0.05, 0.1) is 39.6 Å². The topological polar surface area (TPSA) is 126 Å². The quantitative estimate of drug-likeness (QED) is 0.361. The summed E-state index contributed by atoms with van der Waals surface area (Å²) in [5.41, 5.74) is 8.50. The number of thiazole rings is 1. The summed E-state index contributed by atoms with van der Waals surface area (Å²) < 4.78 is 6.00. The average Bonchev–Trinajstić information content (AvgIpc) is 3.45. The maximum atomic E-state index is 13.3. The number of carbonyl (C=O) groups is 2. The lowest BCUT2D eigenvalue weighted by Gasteiger charge is -2.29. The molecule has 10 nitrogen and oxygen atoms in total. The molecule has 220 valence electrons. The molecule has 2 fully saturated rings. The van der Waals surface area contributed by atoms with Crippen LogP contribution in [0.2, 0.25) is 0 Å². The van der Waals surface area contributed by atoms with Crippen molar-refractivity contribution in [2.45, 2.75) is 46.0 Å². The molecular formula is C30H41N7O3S. The summed E-state index contributed by atoms with van der Waals surface area (Å²) in [6.45, 7) is 8.96. The Kier molecular flexibility index (Phi) is 10.9. The van der Waals surface area contributed by atoms with Crippen LogP contribution in [0.1, 0.15) is 65.0 Å². The Morgan fingerprint density at radius 3 is 2.68 bits per heavy atom. The maximum absolute atomic E-state index is 13.3. The van der Waals surface area contributed by atoms with E-state index in [-0.39, 0.29) is 11.5 Å². The zero-order valence-corrected chi connectivity index (χ0v) is 25.1. The van der Waals surface area contributed by atoms with Crippen LogP contribution in [0.5, 0.6) is 0 Å². The van der Waals surface area contributed by atoms with Gasteiger partial charge in [0, 0.05) is 45.3 Å². The number of pyridine rings is 1. The van der Waals surface area contributed by atoms with Crippen molar-refractivity contribution in [3.8, 4) is 0 Å². The van der Waals surface area contributed by atoms with Gasteiger partial charge in [-0.1, -0.05) is 25.5 Å². The van der Waals surface area contributed by atoms with Crippen LogP contribution in [-0.4, -0.2) is 78.0 Å². The molecule has 0 radical (unpaired) electrons. The fourth-order valence-electron chi connectivity index (χ4n) is 4.81. The third kappa shape index (κ3) is 7.95. The highest BCUT2D eigenvalue weighted by Gasteiger charge is 2.22. The van der Waals surface area contributed by atoms with E-state index in [1.807, 2.05) is 13.1 Å². The number of aromatic nitrogens is 2. The van der Waals surface area contributed by atoms with E-state index in [0.717, 1.165) is 55.4 Å². The Morgan fingerprint density at radius 1 is 1.15 bits per heavy atom. The highest BCUT2D eigenvalue weighted by Crippen LogP contribution is 2.32. The number of amides is 2. The van der Waals surface area contributed by atoms with Gasteiger partial charge >= 0.3 is 0 Å². The van der Waals surface area contributed by atoms with Crippen molar-refractivity contribution >= 4 is 40.0 Å². The predicted molar refractivity (Wildman–Crippen MR) is 164 cm³/mol. The van der Waals surface area contributed by atoms with Gasteiger partial charge in [0.2, 0.25) is 0 Å². The first-order chi connectivity index (χ1) is 19.9. The molecule has 2 aromatic rings. The maximum Gasteiger partial charge on any atom is 0.260 e. The molecule has 0 saturated carbocycles. The molecular weight excluding hydrogens is 538 g/mol. The largest absolute Gasteiger partial charge is 0.479 e. The van der Waals surface area contributed by atoms with Crippen LogP contribution < -0.4 is 16.4 Å². The van der Waals surface area contributed by atoms with Crippen LogP contribution in [-0.2, 0) is 9.53 Å². The van der Waals surface area contributed by atoms with Crippen molar-refractivity contribution in [2.24, 2.45) is 5.73 Å². The van der Waals surface area contributed by atoms with Crippen LogP contribution in [0.3, 0.4) is 0 Å². The number of allylic oxidation sites excluding steroid dienone is 3. The van der Waals surface area contributed by atoms with Crippen molar-refractivity contribution in [1.29, 1.82) is 0 Å². The van der Waals surface area contributed by atoms with E-state index in [0.29, 0.717) is 35.1 Å². The van der Waals surface area contributed by atoms with Crippen molar-refractivity contribution in [2.75, 3.05) is 51.7 Å².